The van der Waals surface area contributed by atoms with Gasteiger partial charge in [-0.25, -0.2) is 0 Å². The molecule has 0 atom stereocenters. The lowest BCUT2D eigenvalue weighted by Crippen LogP contribution is -2.27. The van der Waals surface area contributed by atoms with Crippen molar-refractivity contribution in [2.45, 2.75) is 12.8 Å². The van der Waals surface area contributed by atoms with Gasteiger partial charge in [0.05, 0.1) is 7.11 Å². The predicted molar refractivity (Wildman–Crippen MR) is 85.2 cm³/mol. The Morgan fingerprint density at radius 3 is 2.59 bits per heavy atom. The molecule has 114 valence electrons. The van der Waals surface area contributed by atoms with E-state index in [4.69, 9.17) is 4.74 Å². The number of rotatable bonds is 3. The maximum absolute atomic E-state index is 12.5. The summed E-state index contributed by atoms with van der Waals surface area (Å²) in [6.45, 7) is 1.67. The minimum atomic E-state index is 0.0754. The van der Waals surface area contributed by atoms with Gasteiger partial charge in [0.15, 0.2) is 0 Å². The number of carbonyl (C=O) groups excluding carboxylic acids is 1. The molecule has 1 amide bonds. The summed E-state index contributed by atoms with van der Waals surface area (Å²) in [6, 6.07) is 12.6. The molecule has 22 heavy (non-hydrogen) atoms. The molecule has 0 saturated carbocycles. The second kappa shape index (κ2) is 6.10. The van der Waals surface area contributed by atoms with Gasteiger partial charge < -0.3 is 14.7 Å². The van der Waals surface area contributed by atoms with E-state index in [0.717, 1.165) is 37.1 Å². The molecule has 3 rings (SSSR count). The molecule has 1 heterocycles. The maximum Gasteiger partial charge on any atom is 0.253 e. The van der Waals surface area contributed by atoms with Crippen molar-refractivity contribution >= 4 is 5.91 Å². The molecule has 0 spiro atoms. The Kier molecular flexibility index (Phi) is 4.00. The molecule has 1 aliphatic heterocycles. The van der Waals surface area contributed by atoms with Crippen LogP contribution in [0.3, 0.4) is 0 Å². The molecule has 4 nitrogen and oxygen atoms in total. The lowest BCUT2D eigenvalue weighted by molar-refractivity contribution is 0.0793. The summed E-state index contributed by atoms with van der Waals surface area (Å²) in [4.78, 5) is 14.4. The number of phenolic OH excluding ortho intramolecular Hbond substituents is 1. The minimum absolute atomic E-state index is 0.0754. The molecule has 1 saturated heterocycles. The van der Waals surface area contributed by atoms with Crippen molar-refractivity contribution in [2.24, 2.45) is 0 Å². The highest BCUT2D eigenvalue weighted by molar-refractivity contribution is 5.95. The molecular weight excluding hydrogens is 278 g/mol. The fourth-order valence-corrected chi connectivity index (χ4v) is 2.80. The fraction of sp³-hybridized carbons (Fsp3) is 0.278. The molecule has 2 aromatic carbocycles. The molecule has 0 unspecified atom stereocenters. The molecule has 4 heteroatoms. The van der Waals surface area contributed by atoms with Gasteiger partial charge in [-0.1, -0.05) is 12.1 Å². The van der Waals surface area contributed by atoms with Crippen molar-refractivity contribution in [3.05, 3.63) is 48.0 Å². The number of amides is 1. The lowest BCUT2D eigenvalue weighted by Gasteiger charge is -2.16. The Morgan fingerprint density at radius 2 is 1.86 bits per heavy atom. The van der Waals surface area contributed by atoms with E-state index in [0.29, 0.717) is 11.3 Å². The molecule has 1 N–H and O–H groups in total. The molecule has 2 aromatic rings. The zero-order chi connectivity index (χ0) is 15.5. The van der Waals surface area contributed by atoms with Crippen LogP contribution >= 0.6 is 0 Å². The van der Waals surface area contributed by atoms with Gasteiger partial charge in [-0.3, -0.25) is 4.79 Å². The molecule has 1 fully saturated rings. The Hall–Kier alpha value is -2.49. The highest BCUT2D eigenvalue weighted by Gasteiger charge is 2.19. The molecule has 0 bridgehead atoms. The number of aromatic hydroxyl groups is 1. The maximum atomic E-state index is 12.5. The standard InChI is InChI=1S/C18H19NO3/c1-22-17-11-15(10-16(20)12-17)13-5-4-6-14(9-13)18(21)19-7-2-3-8-19/h4-6,9-12,20H,2-3,7-8H2,1H3. The third-order valence-electron chi connectivity index (χ3n) is 3.96. The molecule has 0 aliphatic carbocycles. The SMILES string of the molecule is COc1cc(O)cc(-c2cccc(C(=O)N3CCCC3)c2)c1. The zero-order valence-corrected chi connectivity index (χ0v) is 12.6. The van der Waals surface area contributed by atoms with E-state index in [-0.39, 0.29) is 11.7 Å². The smallest absolute Gasteiger partial charge is 0.253 e. The average Bonchev–Trinajstić information content (AvgIpc) is 3.08. The Morgan fingerprint density at radius 1 is 1.09 bits per heavy atom. The van der Waals surface area contributed by atoms with Gasteiger partial charge in [0, 0.05) is 24.7 Å². The van der Waals surface area contributed by atoms with E-state index in [1.165, 1.54) is 0 Å². The third-order valence-corrected chi connectivity index (χ3v) is 3.96. The predicted octanol–water partition coefficient (Wildman–Crippen LogP) is 3.30. The van der Waals surface area contributed by atoms with Crippen LogP contribution in [0.1, 0.15) is 23.2 Å². The van der Waals surface area contributed by atoms with E-state index in [2.05, 4.69) is 0 Å². The summed E-state index contributed by atoms with van der Waals surface area (Å²) in [5.41, 5.74) is 2.40. The van der Waals surface area contributed by atoms with Crippen molar-refractivity contribution in [1.29, 1.82) is 0 Å². The molecule has 0 aromatic heterocycles. The molecular formula is C18H19NO3. The van der Waals surface area contributed by atoms with Crippen molar-refractivity contribution in [3.63, 3.8) is 0 Å². The third kappa shape index (κ3) is 2.91. The molecule has 0 radical (unpaired) electrons. The van der Waals surface area contributed by atoms with Crippen LogP contribution < -0.4 is 4.74 Å². The van der Waals surface area contributed by atoms with Gasteiger partial charge in [-0.15, -0.1) is 0 Å². The van der Waals surface area contributed by atoms with Gasteiger partial charge in [-0.2, -0.15) is 0 Å². The minimum Gasteiger partial charge on any atom is -0.508 e. The monoisotopic (exact) mass is 297 g/mol. The van der Waals surface area contributed by atoms with Crippen molar-refractivity contribution < 1.29 is 14.6 Å². The number of phenols is 1. The van der Waals surface area contributed by atoms with Crippen molar-refractivity contribution in [1.82, 2.24) is 4.90 Å². The summed E-state index contributed by atoms with van der Waals surface area (Å²) >= 11 is 0. The van der Waals surface area contributed by atoms with Gasteiger partial charge >= 0.3 is 0 Å². The quantitative estimate of drug-likeness (QED) is 0.945. The number of ether oxygens (including phenoxy) is 1. The first kappa shape index (κ1) is 14.4. The second-order valence-corrected chi connectivity index (χ2v) is 5.50. The van der Waals surface area contributed by atoms with Gasteiger partial charge in [-0.05, 0) is 48.2 Å². The van der Waals surface area contributed by atoms with Crippen LogP contribution in [0.15, 0.2) is 42.5 Å². The summed E-state index contributed by atoms with van der Waals surface area (Å²) in [5, 5.41) is 9.78. The number of carbonyl (C=O) groups is 1. The average molecular weight is 297 g/mol. The van der Waals surface area contributed by atoms with E-state index >= 15 is 0 Å². The number of likely N-dealkylation sites (tertiary alicyclic amines) is 1. The summed E-state index contributed by atoms with van der Waals surface area (Å²) in [6.07, 6.45) is 2.16. The second-order valence-electron chi connectivity index (χ2n) is 5.50. The van der Waals surface area contributed by atoms with Crippen LogP contribution in [0.2, 0.25) is 0 Å². The highest BCUT2D eigenvalue weighted by Crippen LogP contribution is 2.29. The van der Waals surface area contributed by atoms with Crippen LogP contribution in [0.4, 0.5) is 0 Å². The van der Waals surface area contributed by atoms with Crippen molar-refractivity contribution in [3.8, 4) is 22.6 Å². The molecule has 1 aliphatic rings. The first-order chi connectivity index (χ1) is 10.7. The van der Waals surface area contributed by atoms with Crippen LogP contribution in [0.25, 0.3) is 11.1 Å². The number of methoxy groups -OCH3 is 1. The van der Waals surface area contributed by atoms with Gasteiger partial charge in [0.25, 0.3) is 5.91 Å². The van der Waals surface area contributed by atoms with E-state index in [9.17, 15) is 9.90 Å². The first-order valence-corrected chi connectivity index (χ1v) is 7.45. The van der Waals surface area contributed by atoms with E-state index in [1.807, 2.05) is 35.2 Å². The highest BCUT2D eigenvalue weighted by atomic mass is 16.5. The van der Waals surface area contributed by atoms with Crippen LogP contribution in [-0.4, -0.2) is 36.1 Å². The Labute approximate surface area is 130 Å². The topological polar surface area (TPSA) is 49.8 Å². The van der Waals surface area contributed by atoms with Crippen molar-refractivity contribution in [2.75, 3.05) is 20.2 Å². The van der Waals surface area contributed by atoms with Crippen LogP contribution in [-0.2, 0) is 0 Å². The van der Waals surface area contributed by atoms with E-state index < -0.39 is 0 Å². The zero-order valence-electron chi connectivity index (χ0n) is 12.6. The first-order valence-electron chi connectivity index (χ1n) is 7.45. The van der Waals surface area contributed by atoms with Gasteiger partial charge in [0.2, 0.25) is 0 Å². The van der Waals surface area contributed by atoms with Crippen LogP contribution in [0, 0.1) is 0 Å². The number of nitrogens with zero attached hydrogens (tertiary/aromatic N) is 1. The fourth-order valence-electron chi connectivity index (χ4n) is 2.80. The largest absolute Gasteiger partial charge is 0.508 e. The van der Waals surface area contributed by atoms with E-state index in [1.54, 1.807) is 19.2 Å². The number of hydrogen-bond acceptors (Lipinski definition) is 3. The lowest BCUT2D eigenvalue weighted by atomic mass is 10.0. The number of benzene rings is 2. The van der Waals surface area contributed by atoms with Crippen LogP contribution in [0.5, 0.6) is 11.5 Å². The van der Waals surface area contributed by atoms with Gasteiger partial charge in [0.1, 0.15) is 11.5 Å². The number of hydrogen-bond donors (Lipinski definition) is 1. The Balaban J connectivity index is 1.93. The Bertz CT molecular complexity index is 690. The summed E-state index contributed by atoms with van der Waals surface area (Å²) in [7, 11) is 1.56. The normalized spacial score (nSPS) is 14.1. The summed E-state index contributed by atoms with van der Waals surface area (Å²) in [5.74, 6) is 0.809. The summed E-state index contributed by atoms with van der Waals surface area (Å²) < 4.78 is 5.18.